The Balaban J connectivity index is 2.15. The maximum atomic E-state index is 12.0. The number of unbranched alkanes of at least 4 members (excludes halogenated alkanes) is 3. The first kappa shape index (κ1) is 15.6. The van der Waals surface area contributed by atoms with Gasteiger partial charge in [0.25, 0.3) is 5.56 Å². The minimum atomic E-state index is -0.808. The number of ether oxygens (including phenoxy) is 1. The molecule has 122 valence electrons. The number of H-pyrrole nitrogens is 1. The van der Waals surface area contributed by atoms with E-state index >= 15 is 0 Å². The van der Waals surface area contributed by atoms with E-state index in [1.165, 1.54) is 10.8 Å². The van der Waals surface area contributed by atoms with Crippen molar-refractivity contribution in [3.63, 3.8) is 0 Å². The molecule has 6 nitrogen and oxygen atoms in total. The molecule has 1 aliphatic rings. The highest BCUT2D eigenvalue weighted by Gasteiger charge is 2.32. The smallest absolute Gasteiger partial charge is 0.330 e. The first-order valence-corrected chi connectivity index (χ1v) is 7.47. The van der Waals surface area contributed by atoms with E-state index < -0.39 is 29.7 Å². The van der Waals surface area contributed by atoms with E-state index in [4.69, 9.17) is 12.5 Å². The van der Waals surface area contributed by atoms with Gasteiger partial charge in [-0.1, -0.05) is 11.8 Å². The van der Waals surface area contributed by atoms with Crippen LogP contribution < -0.4 is 11.2 Å². The van der Waals surface area contributed by atoms with E-state index in [2.05, 4.69) is 22.7 Å². The van der Waals surface area contributed by atoms with Crippen LogP contribution in [0.15, 0.2) is 15.8 Å². The molecule has 0 aromatic carbocycles. The Labute approximate surface area is 135 Å². The molecule has 1 fully saturated rings. The third kappa shape index (κ3) is 4.35. The van der Waals surface area contributed by atoms with E-state index in [9.17, 15) is 14.7 Å². The molecule has 1 aromatic rings. The Kier molecular flexibility index (Phi) is 5.31. The lowest BCUT2D eigenvalue weighted by atomic mass is 10.2. The van der Waals surface area contributed by atoms with Crippen LogP contribution in [0.2, 0.25) is 0 Å². The fourth-order valence-corrected chi connectivity index (χ4v) is 2.27. The van der Waals surface area contributed by atoms with Gasteiger partial charge in [-0.2, -0.15) is 0 Å². The first-order valence-electron chi connectivity index (χ1n) is 8.18. The lowest BCUT2D eigenvalue weighted by molar-refractivity contribution is -0.0101. The Morgan fingerprint density at radius 2 is 2.30 bits per heavy atom. The average Bonchev–Trinajstić information content (AvgIpc) is 2.93. The van der Waals surface area contributed by atoms with E-state index in [1.54, 1.807) is 0 Å². The number of aromatic amines is 1. The monoisotopic (exact) mass is 317 g/mol. The summed E-state index contributed by atoms with van der Waals surface area (Å²) in [6, 6.07) is 0. The molecule has 1 aromatic heterocycles. The van der Waals surface area contributed by atoms with Gasteiger partial charge in [-0.15, -0.1) is 12.3 Å². The first-order chi connectivity index (χ1) is 11.6. The molecule has 0 amide bonds. The van der Waals surface area contributed by atoms with Crippen LogP contribution in [-0.4, -0.2) is 26.9 Å². The molecule has 0 aliphatic carbocycles. The molecule has 0 radical (unpaired) electrons. The molecule has 23 heavy (non-hydrogen) atoms. The molecule has 0 saturated carbocycles. The van der Waals surface area contributed by atoms with Crippen molar-refractivity contribution in [1.29, 1.82) is 0 Å². The Hall–Kier alpha value is -2.28. The van der Waals surface area contributed by atoms with E-state index in [0.717, 1.165) is 12.8 Å². The van der Waals surface area contributed by atoms with Crippen LogP contribution in [0.4, 0.5) is 0 Å². The molecule has 0 unspecified atom stereocenters. The quantitative estimate of drug-likeness (QED) is 0.634. The van der Waals surface area contributed by atoms with Crippen molar-refractivity contribution in [2.45, 2.75) is 57.4 Å². The minimum Gasteiger partial charge on any atom is -0.390 e. The topological polar surface area (TPSA) is 84.3 Å². The maximum absolute atomic E-state index is 12.0. The van der Waals surface area contributed by atoms with Crippen LogP contribution in [0, 0.1) is 24.2 Å². The molecule has 1 aliphatic heterocycles. The summed E-state index contributed by atoms with van der Waals surface area (Å²) >= 11 is 0. The van der Waals surface area contributed by atoms with E-state index in [-0.39, 0.29) is 18.9 Å². The predicted molar refractivity (Wildman–Crippen MR) is 85.7 cm³/mol. The SMILES string of the molecule is [2H]C[C@H]1O[C@@H](n2cc(C#CCCCCC#C)c(=O)[nH]c2=O)C[C@H]1O. The fourth-order valence-electron chi connectivity index (χ4n) is 2.27. The zero-order valence-electron chi connectivity index (χ0n) is 13.7. The summed E-state index contributed by atoms with van der Waals surface area (Å²) < 4.78 is 14.0. The number of rotatable bonds is 4. The van der Waals surface area contributed by atoms with Crippen LogP contribution in [-0.2, 0) is 4.74 Å². The van der Waals surface area contributed by atoms with Gasteiger partial charge < -0.3 is 9.84 Å². The Morgan fingerprint density at radius 1 is 1.52 bits per heavy atom. The van der Waals surface area contributed by atoms with Crippen LogP contribution in [0.1, 0.15) is 52.2 Å². The molecule has 2 N–H and O–H groups in total. The van der Waals surface area contributed by atoms with Crippen molar-refractivity contribution in [2.24, 2.45) is 0 Å². The van der Waals surface area contributed by atoms with Gasteiger partial charge in [-0.3, -0.25) is 14.3 Å². The highest BCUT2D eigenvalue weighted by atomic mass is 16.5. The highest BCUT2D eigenvalue weighted by Crippen LogP contribution is 2.26. The highest BCUT2D eigenvalue weighted by molar-refractivity contribution is 5.29. The third-order valence-electron chi connectivity index (χ3n) is 3.58. The summed E-state index contributed by atoms with van der Waals surface area (Å²) in [7, 11) is 0. The second-order valence-electron chi connectivity index (χ2n) is 5.35. The molecule has 6 heteroatoms. The van der Waals surface area contributed by atoms with Crippen LogP contribution >= 0.6 is 0 Å². The molecule has 0 bridgehead atoms. The predicted octanol–water partition coefficient (Wildman–Crippen LogP) is 0.750. The van der Waals surface area contributed by atoms with Gasteiger partial charge >= 0.3 is 5.69 Å². The van der Waals surface area contributed by atoms with E-state index in [0.29, 0.717) is 12.8 Å². The van der Waals surface area contributed by atoms with Crippen molar-refractivity contribution in [2.75, 3.05) is 0 Å². The number of aromatic nitrogens is 2. The molecular formula is C17H20N2O4. The number of aliphatic hydroxyl groups is 1. The van der Waals surface area contributed by atoms with Gasteiger partial charge in [0.2, 0.25) is 0 Å². The summed E-state index contributed by atoms with van der Waals surface area (Å²) in [6.45, 7) is -0.0971. The summed E-state index contributed by atoms with van der Waals surface area (Å²) in [5.74, 6) is 8.20. The van der Waals surface area contributed by atoms with Gasteiger partial charge in [0.1, 0.15) is 11.8 Å². The molecule has 1 saturated heterocycles. The molecular weight excluding hydrogens is 296 g/mol. The summed E-state index contributed by atoms with van der Waals surface area (Å²) in [4.78, 5) is 26.0. The van der Waals surface area contributed by atoms with E-state index in [1.807, 2.05) is 0 Å². The molecule has 0 spiro atoms. The fraction of sp³-hybridized carbons (Fsp3) is 0.529. The van der Waals surface area contributed by atoms with Crippen LogP contribution in [0.5, 0.6) is 0 Å². The molecule has 2 heterocycles. The normalized spacial score (nSPS) is 23.7. The molecule has 2 rings (SSSR count). The summed E-state index contributed by atoms with van der Waals surface area (Å²) in [6.07, 6.45) is 7.58. The second-order valence-corrected chi connectivity index (χ2v) is 5.35. The minimum absolute atomic E-state index is 0.0971. The van der Waals surface area contributed by atoms with Gasteiger partial charge in [-0.05, 0) is 19.7 Å². The van der Waals surface area contributed by atoms with Gasteiger partial charge in [0, 0.05) is 26.8 Å². The van der Waals surface area contributed by atoms with Crippen LogP contribution in [0.3, 0.4) is 0 Å². The number of aliphatic hydroxyl groups excluding tert-OH is 1. The average molecular weight is 317 g/mol. The van der Waals surface area contributed by atoms with Crippen molar-refractivity contribution < 1.29 is 11.2 Å². The Morgan fingerprint density at radius 3 is 3.00 bits per heavy atom. The maximum Gasteiger partial charge on any atom is 0.330 e. The van der Waals surface area contributed by atoms with Crippen LogP contribution in [0.25, 0.3) is 0 Å². The molecule has 3 atom stereocenters. The summed E-state index contributed by atoms with van der Waals surface area (Å²) in [5.41, 5.74) is -1.01. The lowest BCUT2D eigenvalue weighted by Gasteiger charge is -2.13. The Bertz CT molecular complexity index is 781. The largest absolute Gasteiger partial charge is 0.390 e. The van der Waals surface area contributed by atoms with Crippen molar-refractivity contribution in [1.82, 2.24) is 9.55 Å². The van der Waals surface area contributed by atoms with Crippen molar-refractivity contribution in [3.8, 4) is 24.2 Å². The zero-order valence-corrected chi connectivity index (χ0v) is 12.7. The number of terminal acetylenes is 1. The second kappa shape index (κ2) is 7.82. The number of nitrogens with zero attached hydrogens (tertiary/aromatic N) is 1. The number of hydrogen-bond donors (Lipinski definition) is 2. The van der Waals surface area contributed by atoms with Crippen molar-refractivity contribution in [3.05, 3.63) is 32.6 Å². The van der Waals surface area contributed by atoms with Gasteiger partial charge in [-0.25, -0.2) is 4.79 Å². The van der Waals surface area contributed by atoms with Gasteiger partial charge in [0.05, 0.1) is 12.2 Å². The number of nitrogens with one attached hydrogen (secondary N) is 1. The zero-order chi connectivity index (χ0) is 17.5. The van der Waals surface area contributed by atoms with Crippen molar-refractivity contribution >= 4 is 0 Å². The van der Waals surface area contributed by atoms with Gasteiger partial charge in [0.15, 0.2) is 0 Å². The number of hydrogen-bond acceptors (Lipinski definition) is 4. The standard InChI is InChI=1S/C17H20N2O4/c1-3-4-5-6-7-8-9-13-11-19(17(22)18-16(13)21)15-10-14(20)12(2)23-15/h1,11-12,14-15,20H,4-7,10H2,2H3,(H,18,21,22)/t12-,14-,15-/m1/s1/i2D. The third-order valence-corrected chi connectivity index (χ3v) is 3.58. The lowest BCUT2D eigenvalue weighted by Crippen LogP contribution is -2.33. The summed E-state index contributed by atoms with van der Waals surface area (Å²) in [5, 5.41) is 9.81.